The van der Waals surface area contributed by atoms with Gasteiger partial charge >= 0.3 is 18.0 Å². The number of carboxylic acids is 1. The Labute approximate surface area is 187 Å². The standard InChI is InChI=1S/C22H19N3O6S/c26-18(30-13-15-7-3-1-4-8-15)12-11-17(20(27)28)19-23-21(32-25-19)24-22(29)31-14-16-9-5-2-6-10-16/h1-11H,12-14H2,(H,27,28)(H,23,24,25,29). The van der Waals surface area contributed by atoms with Crippen molar-refractivity contribution in [2.45, 2.75) is 19.6 Å². The van der Waals surface area contributed by atoms with Gasteiger partial charge in [0.15, 0.2) is 5.82 Å². The zero-order chi connectivity index (χ0) is 22.8. The first-order valence-electron chi connectivity index (χ1n) is 9.46. The lowest BCUT2D eigenvalue weighted by Crippen LogP contribution is -2.13. The molecule has 3 aromatic rings. The van der Waals surface area contributed by atoms with Gasteiger partial charge < -0.3 is 14.6 Å². The average molecular weight is 453 g/mol. The van der Waals surface area contributed by atoms with Crippen molar-refractivity contribution in [3.8, 4) is 0 Å². The highest BCUT2D eigenvalue weighted by Crippen LogP contribution is 2.19. The Bertz CT molecular complexity index is 1100. The molecule has 0 radical (unpaired) electrons. The monoisotopic (exact) mass is 453 g/mol. The summed E-state index contributed by atoms with van der Waals surface area (Å²) in [6, 6.07) is 18.2. The van der Waals surface area contributed by atoms with Crippen LogP contribution in [0.1, 0.15) is 23.4 Å². The number of nitrogens with zero attached hydrogens (tertiary/aromatic N) is 2. The van der Waals surface area contributed by atoms with E-state index in [0.717, 1.165) is 22.7 Å². The van der Waals surface area contributed by atoms with Crippen LogP contribution < -0.4 is 5.32 Å². The molecule has 0 bridgehead atoms. The summed E-state index contributed by atoms with van der Waals surface area (Å²) in [6.07, 6.45) is 0.159. The number of carbonyl (C=O) groups is 3. The lowest BCUT2D eigenvalue weighted by Gasteiger charge is -2.04. The topological polar surface area (TPSA) is 128 Å². The van der Waals surface area contributed by atoms with Crippen LogP contribution in [-0.2, 0) is 32.3 Å². The molecule has 9 nitrogen and oxygen atoms in total. The Hall–Kier alpha value is -4.05. The summed E-state index contributed by atoms with van der Waals surface area (Å²) in [4.78, 5) is 39.4. The molecular formula is C22H19N3O6S. The molecule has 0 atom stereocenters. The van der Waals surface area contributed by atoms with Crippen LogP contribution >= 0.6 is 11.5 Å². The Kier molecular flexibility index (Phi) is 8.04. The van der Waals surface area contributed by atoms with Crippen LogP contribution in [0.3, 0.4) is 0 Å². The number of aliphatic carboxylic acids is 1. The molecule has 1 heterocycles. The van der Waals surface area contributed by atoms with Crippen LogP contribution in [0.25, 0.3) is 5.57 Å². The van der Waals surface area contributed by atoms with Gasteiger partial charge in [0.2, 0.25) is 5.13 Å². The fraction of sp³-hybridized carbons (Fsp3) is 0.136. The van der Waals surface area contributed by atoms with E-state index in [0.29, 0.717) is 0 Å². The van der Waals surface area contributed by atoms with Crippen molar-refractivity contribution in [1.29, 1.82) is 0 Å². The first-order chi connectivity index (χ1) is 15.5. The van der Waals surface area contributed by atoms with E-state index < -0.39 is 18.0 Å². The summed E-state index contributed by atoms with van der Waals surface area (Å²) in [5.74, 6) is -2.03. The number of amides is 1. The number of hydrogen-bond acceptors (Lipinski definition) is 8. The van der Waals surface area contributed by atoms with Gasteiger partial charge in [-0.05, 0) is 11.1 Å². The van der Waals surface area contributed by atoms with Gasteiger partial charge in [-0.2, -0.15) is 9.36 Å². The SMILES string of the molecule is O=C(CC=C(C(=O)O)c1nsc(NC(=O)OCc2ccccc2)n1)OCc1ccccc1. The van der Waals surface area contributed by atoms with Gasteiger partial charge in [-0.15, -0.1) is 0 Å². The molecule has 0 fully saturated rings. The summed E-state index contributed by atoms with van der Waals surface area (Å²) in [5, 5.41) is 11.9. The first kappa shape index (κ1) is 22.6. The number of carbonyl (C=O) groups excluding carboxylic acids is 2. The summed E-state index contributed by atoms with van der Waals surface area (Å²) in [5.41, 5.74) is 1.36. The minimum absolute atomic E-state index is 0.0665. The molecule has 1 amide bonds. The zero-order valence-electron chi connectivity index (χ0n) is 16.8. The smallest absolute Gasteiger partial charge is 0.413 e. The Balaban J connectivity index is 1.54. The molecule has 2 N–H and O–H groups in total. The normalized spacial score (nSPS) is 10.9. The summed E-state index contributed by atoms with van der Waals surface area (Å²) < 4.78 is 14.2. The third-order valence-electron chi connectivity index (χ3n) is 4.03. The number of esters is 1. The lowest BCUT2D eigenvalue weighted by molar-refractivity contribution is -0.143. The van der Waals surface area contributed by atoms with Crippen LogP contribution in [0.2, 0.25) is 0 Å². The molecule has 1 aromatic heterocycles. The Morgan fingerprint density at radius 1 is 0.938 bits per heavy atom. The highest BCUT2D eigenvalue weighted by molar-refractivity contribution is 7.10. The minimum atomic E-state index is -1.31. The molecule has 2 aromatic carbocycles. The van der Waals surface area contributed by atoms with Crippen molar-refractivity contribution in [2.24, 2.45) is 0 Å². The van der Waals surface area contributed by atoms with E-state index in [1.807, 2.05) is 60.7 Å². The number of benzene rings is 2. The zero-order valence-corrected chi connectivity index (χ0v) is 17.6. The van der Waals surface area contributed by atoms with Crippen molar-refractivity contribution < 1.29 is 29.0 Å². The highest BCUT2D eigenvalue weighted by atomic mass is 32.1. The lowest BCUT2D eigenvalue weighted by atomic mass is 10.2. The minimum Gasteiger partial charge on any atom is -0.478 e. The van der Waals surface area contributed by atoms with E-state index in [9.17, 15) is 19.5 Å². The van der Waals surface area contributed by atoms with Crippen LogP contribution in [0, 0.1) is 0 Å². The molecule has 0 unspecified atom stereocenters. The van der Waals surface area contributed by atoms with Crippen molar-refractivity contribution in [3.05, 3.63) is 83.7 Å². The molecule has 3 rings (SSSR count). The predicted octanol–water partition coefficient (Wildman–Crippen LogP) is 3.89. The van der Waals surface area contributed by atoms with Gasteiger partial charge in [-0.3, -0.25) is 10.1 Å². The van der Waals surface area contributed by atoms with Crippen LogP contribution in [0.5, 0.6) is 0 Å². The quantitative estimate of drug-likeness (QED) is 0.369. The van der Waals surface area contributed by atoms with E-state index in [1.165, 1.54) is 6.08 Å². The third kappa shape index (κ3) is 7.03. The maximum Gasteiger partial charge on any atom is 0.413 e. The molecule has 0 aliphatic rings. The van der Waals surface area contributed by atoms with Crippen LogP contribution in [-0.4, -0.2) is 32.5 Å². The number of carboxylic acid groups (broad SMARTS) is 1. The van der Waals surface area contributed by atoms with Gasteiger partial charge in [-0.25, -0.2) is 9.59 Å². The van der Waals surface area contributed by atoms with E-state index in [-0.39, 0.29) is 36.2 Å². The van der Waals surface area contributed by atoms with Crippen LogP contribution in [0.4, 0.5) is 9.93 Å². The first-order valence-corrected chi connectivity index (χ1v) is 10.2. The summed E-state index contributed by atoms with van der Waals surface area (Å²) >= 11 is 0.794. The van der Waals surface area contributed by atoms with E-state index in [2.05, 4.69) is 14.7 Å². The molecule has 32 heavy (non-hydrogen) atoms. The number of nitrogens with one attached hydrogen (secondary N) is 1. The molecule has 0 saturated carbocycles. The number of anilines is 1. The number of aromatic nitrogens is 2. The molecular weight excluding hydrogens is 434 g/mol. The number of hydrogen-bond donors (Lipinski definition) is 2. The highest BCUT2D eigenvalue weighted by Gasteiger charge is 2.18. The molecule has 0 spiro atoms. The van der Waals surface area contributed by atoms with Gasteiger partial charge in [0.1, 0.15) is 18.8 Å². The summed E-state index contributed by atoms with van der Waals surface area (Å²) in [6.45, 7) is 0.160. The van der Waals surface area contributed by atoms with Crippen molar-refractivity contribution in [3.63, 3.8) is 0 Å². The maximum absolute atomic E-state index is 11.9. The van der Waals surface area contributed by atoms with Gasteiger partial charge in [0.05, 0.1) is 6.42 Å². The second kappa shape index (κ2) is 11.4. The largest absolute Gasteiger partial charge is 0.478 e. The predicted molar refractivity (Wildman–Crippen MR) is 117 cm³/mol. The third-order valence-corrected chi connectivity index (χ3v) is 4.67. The number of ether oxygens (including phenoxy) is 2. The van der Waals surface area contributed by atoms with E-state index in [4.69, 9.17) is 9.47 Å². The average Bonchev–Trinajstić information content (AvgIpc) is 3.25. The van der Waals surface area contributed by atoms with E-state index >= 15 is 0 Å². The van der Waals surface area contributed by atoms with Crippen LogP contribution in [0.15, 0.2) is 66.7 Å². The second-order valence-electron chi connectivity index (χ2n) is 6.38. The molecule has 0 aliphatic carbocycles. The fourth-order valence-corrected chi connectivity index (χ4v) is 3.06. The van der Waals surface area contributed by atoms with Crippen molar-refractivity contribution >= 4 is 40.3 Å². The molecule has 0 aliphatic heterocycles. The van der Waals surface area contributed by atoms with Gasteiger partial charge in [0.25, 0.3) is 0 Å². The van der Waals surface area contributed by atoms with Gasteiger partial charge in [-0.1, -0.05) is 66.7 Å². The van der Waals surface area contributed by atoms with Crippen molar-refractivity contribution in [2.75, 3.05) is 5.32 Å². The fourth-order valence-electron chi connectivity index (χ4n) is 2.49. The molecule has 10 heteroatoms. The van der Waals surface area contributed by atoms with Crippen molar-refractivity contribution in [1.82, 2.24) is 9.36 Å². The Morgan fingerprint density at radius 3 is 2.12 bits per heavy atom. The molecule has 164 valence electrons. The second-order valence-corrected chi connectivity index (χ2v) is 7.14. The maximum atomic E-state index is 11.9. The summed E-state index contributed by atoms with van der Waals surface area (Å²) in [7, 11) is 0. The molecule has 0 saturated heterocycles. The number of rotatable bonds is 9. The van der Waals surface area contributed by atoms with Gasteiger partial charge in [0, 0.05) is 11.5 Å². The van der Waals surface area contributed by atoms with E-state index in [1.54, 1.807) is 0 Å². The Morgan fingerprint density at radius 2 is 1.53 bits per heavy atom.